The number of aromatic nitrogens is 1. The van der Waals surface area contributed by atoms with Gasteiger partial charge < -0.3 is 0 Å². The maximum atomic E-state index is 4.40. The Morgan fingerprint density at radius 2 is 1.87 bits per heavy atom. The highest BCUT2D eigenvalue weighted by molar-refractivity contribution is 5.67. The van der Waals surface area contributed by atoms with E-state index in [1.165, 1.54) is 23.1 Å². The molecule has 0 spiro atoms. The van der Waals surface area contributed by atoms with E-state index in [1.807, 2.05) is 6.07 Å². The minimum absolute atomic E-state index is 1.13. The maximum Gasteiger partial charge on any atom is 0.0894 e. The van der Waals surface area contributed by atoms with Crippen molar-refractivity contribution in [2.75, 3.05) is 0 Å². The number of fused-ring (bicyclic) bond motifs is 3. The molecular formula is C14H12N. The lowest BCUT2D eigenvalue weighted by Crippen LogP contribution is -1.90. The van der Waals surface area contributed by atoms with Gasteiger partial charge in [-0.1, -0.05) is 30.3 Å². The lowest BCUT2D eigenvalue weighted by molar-refractivity contribution is 0.833. The molecule has 0 fully saturated rings. The predicted molar refractivity (Wildman–Crippen MR) is 60.5 cm³/mol. The summed E-state index contributed by atoms with van der Waals surface area (Å²) in [5.41, 5.74) is 5.20. The molecule has 0 saturated heterocycles. The lowest BCUT2D eigenvalue weighted by atomic mass is 10.0. The fourth-order valence-corrected chi connectivity index (χ4v) is 2.26. The molecule has 1 nitrogen and oxygen atoms in total. The van der Waals surface area contributed by atoms with Crippen molar-refractivity contribution in [2.45, 2.75) is 19.3 Å². The average molecular weight is 194 g/mol. The van der Waals surface area contributed by atoms with Crippen LogP contribution in [-0.4, -0.2) is 4.98 Å². The smallest absolute Gasteiger partial charge is 0.0894 e. The number of pyridine rings is 1. The fourth-order valence-electron chi connectivity index (χ4n) is 2.26. The third kappa shape index (κ3) is 1.44. The summed E-state index contributed by atoms with van der Waals surface area (Å²) in [6, 6.07) is 12.6. The van der Waals surface area contributed by atoms with Gasteiger partial charge >= 0.3 is 0 Å². The quantitative estimate of drug-likeness (QED) is 0.628. The van der Waals surface area contributed by atoms with E-state index >= 15 is 0 Å². The van der Waals surface area contributed by atoms with E-state index in [0.717, 1.165) is 18.5 Å². The van der Waals surface area contributed by atoms with Gasteiger partial charge in [-0.2, -0.15) is 0 Å². The van der Waals surface area contributed by atoms with Crippen LogP contribution in [0.25, 0.3) is 11.3 Å². The summed E-state index contributed by atoms with van der Waals surface area (Å²) in [6.07, 6.45) is 6.45. The first-order valence-electron chi connectivity index (χ1n) is 5.39. The molecule has 1 aliphatic rings. The molecular weight excluding hydrogens is 182 g/mol. The fraction of sp³-hybridized carbons (Fsp3) is 0.214. The summed E-state index contributed by atoms with van der Waals surface area (Å²) >= 11 is 0. The van der Waals surface area contributed by atoms with Crippen LogP contribution in [0.3, 0.4) is 0 Å². The van der Waals surface area contributed by atoms with E-state index in [2.05, 4.69) is 41.5 Å². The van der Waals surface area contributed by atoms with E-state index in [4.69, 9.17) is 0 Å². The largest absolute Gasteiger partial charge is 0.246 e. The highest BCUT2D eigenvalue weighted by atomic mass is 14.7. The SMILES string of the molecule is [c]1ccc2c(n1)-c1ccccc1CCC2. The molecule has 0 unspecified atom stereocenters. The molecule has 1 heteroatoms. The summed E-state index contributed by atoms with van der Waals surface area (Å²) in [6.45, 7) is 0. The van der Waals surface area contributed by atoms with Crippen molar-refractivity contribution in [3.8, 4) is 11.3 Å². The Morgan fingerprint density at radius 1 is 1.00 bits per heavy atom. The zero-order valence-electron chi connectivity index (χ0n) is 8.53. The molecule has 0 saturated carbocycles. The summed E-state index contributed by atoms with van der Waals surface area (Å²) in [4.78, 5) is 4.40. The molecule has 2 aromatic rings. The second-order valence-electron chi connectivity index (χ2n) is 3.96. The van der Waals surface area contributed by atoms with Gasteiger partial charge in [0, 0.05) is 5.56 Å². The molecule has 3 rings (SSSR count). The van der Waals surface area contributed by atoms with Gasteiger partial charge in [0.25, 0.3) is 0 Å². The second-order valence-corrected chi connectivity index (χ2v) is 3.96. The van der Waals surface area contributed by atoms with Crippen LogP contribution in [0, 0.1) is 6.20 Å². The summed E-state index contributed by atoms with van der Waals surface area (Å²) in [7, 11) is 0. The van der Waals surface area contributed by atoms with Crippen molar-refractivity contribution in [2.24, 2.45) is 0 Å². The highest BCUT2D eigenvalue weighted by Gasteiger charge is 2.13. The summed E-state index contributed by atoms with van der Waals surface area (Å²) in [5, 5.41) is 0. The molecule has 1 aromatic carbocycles. The summed E-state index contributed by atoms with van der Waals surface area (Å²) in [5.74, 6) is 0. The van der Waals surface area contributed by atoms with Gasteiger partial charge in [0.15, 0.2) is 0 Å². The van der Waals surface area contributed by atoms with Crippen LogP contribution in [-0.2, 0) is 12.8 Å². The third-order valence-electron chi connectivity index (χ3n) is 3.00. The molecule has 15 heavy (non-hydrogen) atoms. The van der Waals surface area contributed by atoms with Gasteiger partial charge in [0.05, 0.1) is 11.9 Å². The second kappa shape index (κ2) is 3.50. The molecule has 73 valence electrons. The Labute approximate surface area is 89.8 Å². The Morgan fingerprint density at radius 3 is 2.87 bits per heavy atom. The minimum Gasteiger partial charge on any atom is -0.246 e. The number of nitrogens with zero attached hydrogens (tertiary/aromatic N) is 1. The van der Waals surface area contributed by atoms with E-state index in [0.29, 0.717) is 0 Å². The van der Waals surface area contributed by atoms with Crippen molar-refractivity contribution < 1.29 is 0 Å². The van der Waals surface area contributed by atoms with Crippen molar-refractivity contribution >= 4 is 0 Å². The van der Waals surface area contributed by atoms with Gasteiger partial charge in [0.2, 0.25) is 0 Å². The molecule has 0 amide bonds. The van der Waals surface area contributed by atoms with Gasteiger partial charge in [-0.25, -0.2) is 4.98 Å². The number of benzene rings is 1. The van der Waals surface area contributed by atoms with Crippen LogP contribution < -0.4 is 0 Å². The average Bonchev–Trinajstić information content (AvgIpc) is 2.48. The Hall–Kier alpha value is -1.63. The standard InChI is InChI=1S/C14H12N/c1-2-9-13-11(5-1)6-3-7-12-8-4-10-15-14(12)13/h1-2,4-5,8-9H,3,6-7H2. The number of hydrogen-bond acceptors (Lipinski definition) is 1. The first kappa shape index (κ1) is 8.66. The number of hydrogen-bond donors (Lipinski definition) is 0. The van der Waals surface area contributed by atoms with Crippen molar-refractivity contribution in [1.82, 2.24) is 4.98 Å². The van der Waals surface area contributed by atoms with Crippen LogP contribution >= 0.6 is 0 Å². The zero-order chi connectivity index (χ0) is 10.1. The van der Waals surface area contributed by atoms with Gasteiger partial charge in [-0.3, -0.25) is 0 Å². The van der Waals surface area contributed by atoms with Gasteiger partial charge in [-0.15, -0.1) is 0 Å². The highest BCUT2D eigenvalue weighted by Crippen LogP contribution is 2.29. The summed E-state index contributed by atoms with van der Waals surface area (Å²) < 4.78 is 0. The van der Waals surface area contributed by atoms with Crippen LogP contribution in [0.15, 0.2) is 36.4 Å². The maximum absolute atomic E-state index is 4.40. The first-order valence-corrected chi connectivity index (χ1v) is 5.39. The molecule has 1 aromatic heterocycles. The van der Waals surface area contributed by atoms with E-state index in [1.54, 1.807) is 0 Å². The zero-order valence-corrected chi connectivity index (χ0v) is 8.53. The van der Waals surface area contributed by atoms with Crippen LogP contribution in [0.4, 0.5) is 0 Å². The van der Waals surface area contributed by atoms with E-state index in [9.17, 15) is 0 Å². The van der Waals surface area contributed by atoms with E-state index in [-0.39, 0.29) is 0 Å². The monoisotopic (exact) mass is 194 g/mol. The molecule has 0 aliphatic heterocycles. The van der Waals surface area contributed by atoms with E-state index < -0.39 is 0 Å². The third-order valence-corrected chi connectivity index (χ3v) is 3.00. The molecule has 1 heterocycles. The lowest BCUT2D eigenvalue weighted by Gasteiger charge is -2.06. The Balaban J connectivity index is 2.27. The molecule has 0 bridgehead atoms. The van der Waals surface area contributed by atoms with Crippen LogP contribution in [0.5, 0.6) is 0 Å². The van der Waals surface area contributed by atoms with Crippen molar-refractivity contribution in [3.63, 3.8) is 0 Å². The van der Waals surface area contributed by atoms with Crippen molar-refractivity contribution in [3.05, 3.63) is 53.7 Å². The normalized spacial score (nSPS) is 13.9. The topological polar surface area (TPSA) is 12.9 Å². The first-order chi connectivity index (χ1) is 7.45. The Bertz CT molecular complexity index is 443. The molecule has 0 atom stereocenters. The van der Waals surface area contributed by atoms with Crippen molar-refractivity contribution in [1.29, 1.82) is 0 Å². The number of aryl methyl sites for hydroxylation is 2. The minimum atomic E-state index is 1.13. The van der Waals surface area contributed by atoms with Gasteiger partial charge in [0.1, 0.15) is 0 Å². The molecule has 1 aliphatic carbocycles. The predicted octanol–water partition coefficient (Wildman–Crippen LogP) is 3.04. The van der Waals surface area contributed by atoms with Crippen LogP contribution in [0.2, 0.25) is 0 Å². The number of rotatable bonds is 0. The Kier molecular flexibility index (Phi) is 2.02. The molecule has 0 N–H and O–H groups in total. The van der Waals surface area contributed by atoms with Crippen LogP contribution in [0.1, 0.15) is 17.5 Å². The van der Waals surface area contributed by atoms with Gasteiger partial charge in [-0.05, 0) is 36.5 Å². The molecule has 1 radical (unpaired) electrons.